The maximum atomic E-state index is 2.54. The van der Waals surface area contributed by atoms with Crippen molar-refractivity contribution in [2.45, 2.75) is 47.0 Å². The lowest BCUT2D eigenvalue weighted by atomic mass is 10.0. The van der Waals surface area contributed by atoms with Crippen LogP contribution in [0.2, 0.25) is 0 Å². The molecule has 2 aromatic rings. The molecule has 2 aromatic carbocycles. The molecule has 0 N–H and O–H groups in total. The Balaban J connectivity index is 2.10. The molecule has 3 rings (SSSR count). The second-order valence-corrected chi connectivity index (χ2v) is 6.67. The van der Waals surface area contributed by atoms with E-state index in [4.69, 9.17) is 0 Å². The first-order valence-corrected chi connectivity index (χ1v) is 8.09. The molecular weight excluding hydrogens is 268 g/mol. The minimum absolute atomic E-state index is 0.382. The van der Waals surface area contributed by atoms with Gasteiger partial charge in [-0.2, -0.15) is 0 Å². The minimum Gasteiger partial charge on any atom is -0.351 e. The van der Waals surface area contributed by atoms with Crippen molar-refractivity contribution in [1.82, 2.24) is 4.90 Å². The zero-order valence-electron chi connectivity index (χ0n) is 14.4. The molecule has 2 nitrogen and oxygen atoms in total. The molecule has 0 saturated heterocycles. The molecule has 0 aliphatic carbocycles. The van der Waals surface area contributed by atoms with E-state index in [2.05, 4.69) is 80.9 Å². The lowest BCUT2D eigenvalue weighted by Crippen LogP contribution is -2.42. The number of fused-ring (bicyclic) bond motifs is 1. The molecule has 1 atom stereocenters. The van der Waals surface area contributed by atoms with Crippen LogP contribution < -0.4 is 4.90 Å². The Morgan fingerprint density at radius 1 is 0.955 bits per heavy atom. The van der Waals surface area contributed by atoms with Crippen molar-refractivity contribution in [2.75, 3.05) is 11.9 Å². The molecule has 1 aliphatic rings. The van der Waals surface area contributed by atoms with Gasteiger partial charge in [0.05, 0.1) is 6.17 Å². The van der Waals surface area contributed by atoms with Crippen LogP contribution in [0, 0.1) is 20.8 Å². The van der Waals surface area contributed by atoms with Crippen molar-refractivity contribution >= 4 is 5.69 Å². The van der Waals surface area contributed by atoms with Crippen molar-refractivity contribution in [3.8, 4) is 0 Å². The lowest BCUT2D eigenvalue weighted by molar-refractivity contribution is 0.248. The minimum atomic E-state index is 0.382. The van der Waals surface area contributed by atoms with E-state index in [9.17, 15) is 0 Å². The maximum Gasteiger partial charge on any atom is 0.0796 e. The first kappa shape index (κ1) is 15.1. The molecule has 1 aliphatic heterocycles. The summed E-state index contributed by atoms with van der Waals surface area (Å²) in [5, 5.41) is 0. The van der Waals surface area contributed by atoms with Crippen molar-refractivity contribution < 1.29 is 0 Å². The van der Waals surface area contributed by atoms with E-state index < -0.39 is 0 Å². The zero-order chi connectivity index (χ0) is 15.9. The van der Waals surface area contributed by atoms with Crippen LogP contribution in [-0.4, -0.2) is 18.1 Å². The summed E-state index contributed by atoms with van der Waals surface area (Å²) in [6.07, 6.45) is 0.382. The molecule has 0 bridgehead atoms. The van der Waals surface area contributed by atoms with Gasteiger partial charge in [0.1, 0.15) is 0 Å². The second kappa shape index (κ2) is 5.77. The summed E-state index contributed by atoms with van der Waals surface area (Å²) in [7, 11) is 2.22. The third-order valence-electron chi connectivity index (χ3n) is 5.06. The quantitative estimate of drug-likeness (QED) is 0.768. The molecule has 0 unspecified atom stereocenters. The summed E-state index contributed by atoms with van der Waals surface area (Å²) in [5.41, 5.74) is 8.37. The van der Waals surface area contributed by atoms with Gasteiger partial charge in [0.15, 0.2) is 0 Å². The molecule has 0 amide bonds. The van der Waals surface area contributed by atoms with Gasteiger partial charge in [-0.1, -0.05) is 30.3 Å². The standard InChI is InChI=1S/C20H26N2/c1-14-10-15(2)16(3)20(11-14)22-13-19-9-7-6-8-18(19)12-21(5)17(22)4/h6-11,17H,12-13H2,1-5H3/t17-/m0/s1. The molecule has 116 valence electrons. The molecular formula is C20H26N2. The number of hydrogen-bond acceptors (Lipinski definition) is 2. The van der Waals surface area contributed by atoms with Gasteiger partial charge in [-0.15, -0.1) is 0 Å². The van der Waals surface area contributed by atoms with Crippen LogP contribution in [0.4, 0.5) is 5.69 Å². The first-order chi connectivity index (χ1) is 10.5. The normalized spacial score (nSPS) is 19.0. The summed E-state index contributed by atoms with van der Waals surface area (Å²) in [6, 6.07) is 13.4. The van der Waals surface area contributed by atoms with E-state index in [1.807, 2.05) is 0 Å². The van der Waals surface area contributed by atoms with E-state index >= 15 is 0 Å². The third-order valence-corrected chi connectivity index (χ3v) is 5.06. The smallest absolute Gasteiger partial charge is 0.0796 e. The molecule has 0 saturated carbocycles. The molecule has 0 radical (unpaired) electrons. The monoisotopic (exact) mass is 294 g/mol. The van der Waals surface area contributed by atoms with Gasteiger partial charge in [-0.05, 0) is 68.6 Å². The van der Waals surface area contributed by atoms with Gasteiger partial charge < -0.3 is 4.90 Å². The number of nitrogens with zero attached hydrogens (tertiary/aromatic N) is 2. The fourth-order valence-electron chi connectivity index (χ4n) is 3.42. The van der Waals surface area contributed by atoms with Gasteiger partial charge in [0.25, 0.3) is 0 Å². The van der Waals surface area contributed by atoms with E-state index in [1.165, 1.54) is 33.5 Å². The largest absolute Gasteiger partial charge is 0.351 e. The Labute approximate surface area is 134 Å². The van der Waals surface area contributed by atoms with Crippen LogP contribution in [0.5, 0.6) is 0 Å². The molecule has 1 heterocycles. The highest BCUT2D eigenvalue weighted by Gasteiger charge is 2.25. The van der Waals surface area contributed by atoms with E-state index in [-0.39, 0.29) is 0 Å². The fourth-order valence-corrected chi connectivity index (χ4v) is 3.42. The highest BCUT2D eigenvalue weighted by atomic mass is 15.3. The molecule has 2 heteroatoms. The van der Waals surface area contributed by atoms with Gasteiger partial charge in [-0.25, -0.2) is 0 Å². The van der Waals surface area contributed by atoms with Gasteiger partial charge >= 0.3 is 0 Å². The van der Waals surface area contributed by atoms with Crippen LogP contribution in [-0.2, 0) is 13.1 Å². The fraction of sp³-hybridized carbons (Fsp3) is 0.400. The third kappa shape index (κ3) is 2.64. The molecule has 0 fully saturated rings. The Bertz CT molecular complexity index is 690. The first-order valence-electron chi connectivity index (χ1n) is 8.09. The van der Waals surface area contributed by atoms with Crippen molar-refractivity contribution in [3.63, 3.8) is 0 Å². The van der Waals surface area contributed by atoms with Gasteiger partial charge in [-0.3, -0.25) is 4.90 Å². The van der Waals surface area contributed by atoms with E-state index in [0.717, 1.165) is 13.1 Å². The Kier molecular flexibility index (Phi) is 3.96. The predicted molar refractivity (Wildman–Crippen MR) is 94.2 cm³/mol. The SMILES string of the molecule is Cc1cc(C)c(C)c(N2Cc3ccccc3CN(C)[C@@H]2C)c1. The van der Waals surface area contributed by atoms with Crippen LogP contribution in [0.1, 0.15) is 34.7 Å². The van der Waals surface area contributed by atoms with Crippen molar-refractivity contribution in [1.29, 1.82) is 0 Å². The van der Waals surface area contributed by atoms with Crippen LogP contribution >= 0.6 is 0 Å². The highest BCUT2D eigenvalue weighted by Crippen LogP contribution is 2.31. The van der Waals surface area contributed by atoms with Crippen LogP contribution in [0.3, 0.4) is 0 Å². The number of hydrogen-bond donors (Lipinski definition) is 0. The van der Waals surface area contributed by atoms with Crippen LogP contribution in [0.15, 0.2) is 36.4 Å². The summed E-state index contributed by atoms with van der Waals surface area (Å²) in [6.45, 7) is 10.9. The molecule has 22 heavy (non-hydrogen) atoms. The summed E-state index contributed by atoms with van der Waals surface area (Å²) < 4.78 is 0. The Hall–Kier alpha value is -1.80. The van der Waals surface area contributed by atoms with E-state index in [0.29, 0.717) is 6.17 Å². The Morgan fingerprint density at radius 2 is 1.59 bits per heavy atom. The van der Waals surface area contributed by atoms with Crippen molar-refractivity contribution in [2.24, 2.45) is 0 Å². The average molecular weight is 294 g/mol. The number of anilines is 1. The van der Waals surface area contributed by atoms with E-state index in [1.54, 1.807) is 0 Å². The predicted octanol–water partition coefficient (Wildman–Crippen LogP) is 4.41. The lowest BCUT2D eigenvalue weighted by Gasteiger charge is -2.36. The highest BCUT2D eigenvalue weighted by molar-refractivity contribution is 5.59. The summed E-state index contributed by atoms with van der Waals surface area (Å²) in [5.74, 6) is 0. The Morgan fingerprint density at radius 3 is 2.27 bits per heavy atom. The average Bonchev–Trinajstić information content (AvgIpc) is 2.61. The molecule has 0 aromatic heterocycles. The van der Waals surface area contributed by atoms with Crippen LogP contribution in [0.25, 0.3) is 0 Å². The number of aryl methyl sites for hydroxylation is 2. The summed E-state index contributed by atoms with van der Waals surface area (Å²) in [4.78, 5) is 4.98. The topological polar surface area (TPSA) is 6.48 Å². The second-order valence-electron chi connectivity index (χ2n) is 6.67. The maximum absolute atomic E-state index is 2.54. The number of rotatable bonds is 1. The molecule has 0 spiro atoms. The number of benzene rings is 2. The summed E-state index contributed by atoms with van der Waals surface area (Å²) >= 11 is 0. The van der Waals surface area contributed by atoms with Gasteiger partial charge in [0.2, 0.25) is 0 Å². The zero-order valence-corrected chi connectivity index (χ0v) is 14.4. The van der Waals surface area contributed by atoms with Gasteiger partial charge in [0, 0.05) is 18.8 Å². The van der Waals surface area contributed by atoms with Crippen molar-refractivity contribution in [3.05, 3.63) is 64.2 Å².